The van der Waals surface area contributed by atoms with Gasteiger partial charge < -0.3 is 9.80 Å². The van der Waals surface area contributed by atoms with Crippen LogP contribution in [0.15, 0.2) is 71.5 Å². The summed E-state index contributed by atoms with van der Waals surface area (Å²) in [5, 5.41) is 7.96. The van der Waals surface area contributed by atoms with E-state index in [-0.39, 0.29) is 22.9 Å². The van der Waals surface area contributed by atoms with Crippen molar-refractivity contribution in [3.63, 3.8) is 0 Å². The van der Waals surface area contributed by atoms with Gasteiger partial charge in [0, 0.05) is 38.0 Å². The molecule has 2 amide bonds. The molecule has 1 saturated heterocycles. The molecule has 0 spiro atoms. The minimum atomic E-state index is -0.592. The van der Waals surface area contributed by atoms with Crippen LogP contribution in [0.3, 0.4) is 0 Å². The Kier molecular flexibility index (Phi) is 8.28. The predicted octanol–water partition coefficient (Wildman–Crippen LogP) is 4.94. The van der Waals surface area contributed by atoms with Crippen LogP contribution in [0.25, 0.3) is 10.8 Å². The molecule has 1 atom stereocenters. The van der Waals surface area contributed by atoms with Gasteiger partial charge in [-0.05, 0) is 54.2 Å². The van der Waals surface area contributed by atoms with Crippen molar-refractivity contribution in [1.82, 2.24) is 20.0 Å². The summed E-state index contributed by atoms with van der Waals surface area (Å²) < 4.78 is 14.8. The molecular formula is C33H35FN4O3. The summed E-state index contributed by atoms with van der Waals surface area (Å²) in [5.41, 5.74) is 3.30. The Morgan fingerprint density at radius 1 is 0.878 bits per heavy atom. The van der Waals surface area contributed by atoms with Crippen LogP contribution in [0.4, 0.5) is 4.39 Å². The van der Waals surface area contributed by atoms with Gasteiger partial charge in [-0.15, -0.1) is 0 Å². The fraction of sp³-hybridized carbons (Fsp3) is 0.333. The number of carbonyl (C=O) groups excluding carboxylic acids is 2. The number of aromatic amines is 1. The first-order valence-corrected chi connectivity index (χ1v) is 14.1. The van der Waals surface area contributed by atoms with E-state index in [1.165, 1.54) is 11.6 Å². The van der Waals surface area contributed by atoms with E-state index in [0.717, 1.165) is 17.4 Å². The van der Waals surface area contributed by atoms with Crippen LogP contribution in [0.5, 0.6) is 0 Å². The van der Waals surface area contributed by atoms with Crippen LogP contribution in [0.1, 0.15) is 59.4 Å². The second kappa shape index (κ2) is 12.0. The summed E-state index contributed by atoms with van der Waals surface area (Å²) in [7, 11) is 0. The summed E-state index contributed by atoms with van der Waals surface area (Å²) in [6.07, 6.45) is 1.33. The van der Waals surface area contributed by atoms with Gasteiger partial charge in [-0.1, -0.05) is 62.4 Å². The van der Waals surface area contributed by atoms with Crippen LogP contribution in [-0.4, -0.2) is 58.0 Å². The number of hydrogen-bond donors (Lipinski definition) is 1. The lowest BCUT2D eigenvalue weighted by Crippen LogP contribution is -2.51. The number of amides is 2. The maximum atomic E-state index is 14.8. The van der Waals surface area contributed by atoms with E-state index in [4.69, 9.17) is 0 Å². The fourth-order valence-electron chi connectivity index (χ4n) is 5.48. The van der Waals surface area contributed by atoms with Crippen molar-refractivity contribution < 1.29 is 14.0 Å². The van der Waals surface area contributed by atoms with Gasteiger partial charge >= 0.3 is 0 Å². The molecule has 1 aliphatic heterocycles. The zero-order valence-corrected chi connectivity index (χ0v) is 23.7. The third kappa shape index (κ3) is 6.21. The van der Waals surface area contributed by atoms with Gasteiger partial charge in [0.1, 0.15) is 5.82 Å². The monoisotopic (exact) mass is 554 g/mol. The molecule has 41 heavy (non-hydrogen) atoms. The Morgan fingerprint density at radius 2 is 1.51 bits per heavy atom. The van der Waals surface area contributed by atoms with Crippen molar-refractivity contribution >= 4 is 22.6 Å². The molecule has 7 nitrogen and oxygen atoms in total. The van der Waals surface area contributed by atoms with E-state index in [1.54, 1.807) is 34.1 Å². The first-order valence-electron chi connectivity index (χ1n) is 14.1. The van der Waals surface area contributed by atoms with Gasteiger partial charge in [0.05, 0.1) is 22.6 Å². The number of nitrogens with zero attached hydrogens (tertiary/aromatic N) is 3. The van der Waals surface area contributed by atoms with E-state index in [1.807, 2.05) is 31.2 Å². The smallest absolute Gasteiger partial charge is 0.272 e. The first kappa shape index (κ1) is 28.2. The molecule has 212 valence electrons. The number of H-pyrrole nitrogens is 1. The number of nitrogens with one attached hydrogen (secondary N) is 1. The predicted molar refractivity (Wildman–Crippen MR) is 157 cm³/mol. The first-order chi connectivity index (χ1) is 19.7. The molecule has 2 heterocycles. The molecule has 0 bridgehead atoms. The number of rotatable bonds is 7. The molecule has 5 rings (SSSR count). The molecule has 1 fully saturated rings. The largest absolute Gasteiger partial charge is 0.339 e. The minimum Gasteiger partial charge on any atom is -0.339 e. The van der Waals surface area contributed by atoms with Crippen molar-refractivity contribution in [3.8, 4) is 0 Å². The van der Waals surface area contributed by atoms with E-state index < -0.39 is 11.7 Å². The SMILES string of the molecule is CC(C)Cc1ccc([C@H](C)C(=O)N2CCN(C(=O)c3cc(Cc4n[nH]c(=O)c5ccccc45)ccc3F)CC2)cc1. The normalized spacial score (nSPS) is 14.5. The van der Waals surface area contributed by atoms with Crippen molar-refractivity contribution in [1.29, 1.82) is 0 Å². The highest BCUT2D eigenvalue weighted by Gasteiger charge is 2.29. The molecular weight excluding hydrogens is 519 g/mol. The van der Waals surface area contributed by atoms with Gasteiger partial charge in [-0.2, -0.15) is 5.10 Å². The Hall–Kier alpha value is -4.33. The van der Waals surface area contributed by atoms with Gasteiger partial charge in [-0.3, -0.25) is 14.4 Å². The third-order valence-corrected chi connectivity index (χ3v) is 7.78. The molecule has 0 aliphatic carbocycles. The molecule has 3 aromatic carbocycles. The van der Waals surface area contributed by atoms with Crippen molar-refractivity contribution in [2.45, 2.75) is 39.5 Å². The molecule has 0 radical (unpaired) electrons. The summed E-state index contributed by atoms with van der Waals surface area (Å²) in [5.74, 6) is -0.668. The van der Waals surface area contributed by atoms with E-state index in [0.29, 0.717) is 55.2 Å². The summed E-state index contributed by atoms with van der Waals surface area (Å²) >= 11 is 0. The highest BCUT2D eigenvalue weighted by molar-refractivity contribution is 5.95. The van der Waals surface area contributed by atoms with E-state index >= 15 is 0 Å². The minimum absolute atomic E-state index is 0.00846. The van der Waals surface area contributed by atoms with Gasteiger partial charge in [0.2, 0.25) is 5.91 Å². The molecule has 1 aromatic heterocycles. The van der Waals surface area contributed by atoms with Crippen molar-refractivity contribution in [2.75, 3.05) is 26.2 Å². The number of benzene rings is 3. The Labute approximate surface area is 239 Å². The van der Waals surface area contributed by atoms with E-state index in [2.05, 4.69) is 36.2 Å². The van der Waals surface area contributed by atoms with Crippen molar-refractivity contribution in [3.05, 3.63) is 111 Å². The highest BCUT2D eigenvalue weighted by Crippen LogP contribution is 2.23. The molecule has 4 aromatic rings. The summed E-state index contributed by atoms with van der Waals surface area (Å²) in [6.45, 7) is 7.75. The summed E-state index contributed by atoms with van der Waals surface area (Å²) in [4.78, 5) is 42.1. The van der Waals surface area contributed by atoms with Crippen LogP contribution >= 0.6 is 0 Å². The Bertz CT molecular complexity index is 1620. The number of hydrogen-bond acceptors (Lipinski definition) is 4. The van der Waals surface area contributed by atoms with E-state index in [9.17, 15) is 18.8 Å². The lowest BCUT2D eigenvalue weighted by molar-refractivity contribution is -0.133. The van der Waals surface area contributed by atoms with Gasteiger partial charge in [-0.25, -0.2) is 9.49 Å². The van der Waals surface area contributed by atoms with Gasteiger partial charge in [0.25, 0.3) is 11.5 Å². The molecule has 1 aliphatic rings. The molecule has 1 N–H and O–H groups in total. The number of carbonyl (C=O) groups is 2. The quantitative estimate of drug-likeness (QED) is 0.351. The molecule has 0 saturated carbocycles. The maximum Gasteiger partial charge on any atom is 0.272 e. The molecule has 8 heteroatoms. The van der Waals surface area contributed by atoms with Crippen LogP contribution in [0, 0.1) is 11.7 Å². The van der Waals surface area contributed by atoms with Crippen LogP contribution < -0.4 is 5.56 Å². The summed E-state index contributed by atoms with van der Waals surface area (Å²) in [6, 6.07) is 19.9. The zero-order chi connectivity index (χ0) is 29.1. The standard InChI is InChI=1S/C33H35FN4O3/c1-21(2)18-23-8-11-25(12-9-23)22(3)32(40)37-14-16-38(17-15-37)33(41)28-19-24(10-13-29(28)34)20-30-26-6-4-5-7-27(26)31(39)36-35-30/h4-13,19,21-22H,14-18,20H2,1-3H3,(H,36,39)/t22-/m0/s1. The molecule has 0 unspecified atom stereocenters. The average molecular weight is 555 g/mol. The van der Waals surface area contributed by atoms with Crippen LogP contribution in [-0.2, 0) is 17.6 Å². The highest BCUT2D eigenvalue weighted by atomic mass is 19.1. The Morgan fingerprint density at radius 3 is 2.20 bits per heavy atom. The van der Waals surface area contributed by atoms with Gasteiger partial charge in [0.15, 0.2) is 0 Å². The number of fused-ring (bicyclic) bond motifs is 1. The Balaban J connectivity index is 1.24. The van der Waals surface area contributed by atoms with Crippen molar-refractivity contribution in [2.24, 2.45) is 5.92 Å². The third-order valence-electron chi connectivity index (χ3n) is 7.78. The topological polar surface area (TPSA) is 86.4 Å². The lowest BCUT2D eigenvalue weighted by atomic mass is 9.95. The second-order valence-electron chi connectivity index (χ2n) is 11.2. The zero-order valence-electron chi connectivity index (χ0n) is 23.7. The lowest BCUT2D eigenvalue weighted by Gasteiger charge is -2.36. The maximum absolute atomic E-state index is 14.8. The fourth-order valence-corrected chi connectivity index (χ4v) is 5.48. The number of piperazine rings is 1. The van der Waals surface area contributed by atoms with Crippen LogP contribution in [0.2, 0.25) is 0 Å². The average Bonchev–Trinajstić information content (AvgIpc) is 2.99. The number of halogens is 1. The number of aromatic nitrogens is 2. The second-order valence-corrected chi connectivity index (χ2v) is 11.2.